The second-order valence-corrected chi connectivity index (χ2v) is 14.4. The Morgan fingerprint density at radius 2 is 0.475 bits per heavy atom. The van der Waals surface area contributed by atoms with Gasteiger partial charge in [0.25, 0.3) is 0 Å². The van der Waals surface area contributed by atoms with Gasteiger partial charge in [-0.25, -0.2) is 0 Å². The Labute approximate surface area is 482 Å². The van der Waals surface area contributed by atoms with Crippen LogP contribution in [0, 0.1) is 0 Å². The molecule has 0 aliphatic heterocycles. The standard InChI is InChI=1S/2C16H13NO.2C12H11NO.8C2H6/c18-14-8-4-7-13(11-14)17-16-10-3-6-12-5-1-2-9-15(12)16;18-16-11-4-3-9-15(16)17-14-10-5-7-12-6-1-2-8-13(12)14;14-12-9-5-4-8-11(12)13-10-6-2-1-3-7-10;14-12-8-4-7-11(9-12)13-10-5-2-1-3-6-10;8*1-2/h2*1-11,17-18H;2*1-9,13-14H;8*1-2H3. The largest absolute Gasteiger partial charge is 0.508 e. The Morgan fingerprint density at radius 3 is 0.875 bits per heavy atom. The average Bonchev–Trinajstić information content (AvgIpc) is 3.56. The summed E-state index contributed by atoms with van der Waals surface area (Å²) in [7, 11) is 0. The molecule has 0 heterocycles. The molecule has 0 atom stereocenters. The molecule has 0 radical (unpaired) electrons. The van der Waals surface area contributed by atoms with Crippen LogP contribution in [0.25, 0.3) is 21.5 Å². The lowest BCUT2D eigenvalue weighted by Gasteiger charge is -2.10. The molecule has 80 heavy (non-hydrogen) atoms. The first-order valence-corrected chi connectivity index (χ1v) is 28.7. The highest BCUT2D eigenvalue weighted by Crippen LogP contribution is 2.31. The maximum absolute atomic E-state index is 9.78. The van der Waals surface area contributed by atoms with Crippen molar-refractivity contribution in [3.8, 4) is 23.0 Å². The first-order valence-electron chi connectivity index (χ1n) is 28.7. The maximum atomic E-state index is 9.78. The molecule has 10 aromatic carbocycles. The van der Waals surface area contributed by atoms with Gasteiger partial charge in [0, 0.05) is 57.0 Å². The zero-order chi connectivity index (χ0) is 60.4. The minimum absolute atomic E-state index is 0.255. The predicted molar refractivity (Wildman–Crippen MR) is 357 cm³/mol. The second kappa shape index (κ2) is 48.5. The van der Waals surface area contributed by atoms with Crippen LogP contribution in [0.1, 0.15) is 111 Å². The topological polar surface area (TPSA) is 129 Å². The summed E-state index contributed by atoms with van der Waals surface area (Å²) in [6, 6.07) is 76.8. The summed E-state index contributed by atoms with van der Waals surface area (Å²) in [6.07, 6.45) is 0. The van der Waals surface area contributed by atoms with Gasteiger partial charge >= 0.3 is 0 Å². The molecular weight excluding hydrogens is 985 g/mol. The minimum Gasteiger partial charge on any atom is -0.508 e. The molecule has 0 fully saturated rings. The normalized spacial score (nSPS) is 8.70. The van der Waals surface area contributed by atoms with E-state index in [0.717, 1.165) is 45.2 Å². The van der Waals surface area contributed by atoms with Crippen molar-refractivity contribution in [2.75, 3.05) is 21.3 Å². The summed E-state index contributed by atoms with van der Waals surface area (Å²) in [5.74, 6) is 1.05. The van der Waals surface area contributed by atoms with Crippen LogP contribution in [-0.4, -0.2) is 20.4 Å². The van der Waals surface area contributed by atoms with Crippen molar-refractivity contribution < 1.29 is 20.4 Å². The SMILES string of the molecule is CC.CC.CC.CC.CC.CC.CC.CC.Oc1cccc(Nc2cccc3ccccc23)c1.Oc1cccc(Nc2ccccc2)c1.Oc1ccccc1Nc1cccc2ccccc12.Oc1ccccc1Nc1ccccc1. The van der Waals surface area contributed by atoms with E-state index in [2.05, 4.69) is 57.7 Å². The van der Waals surface area contributed by atoms with Gasteiger partial charge in [0.1, 0.15) is 23.0 Å². The maximum Gasteiger partial charge on any atom is 0.139 e. The highest BCUT2D eigenvalue weighted by molar-refractivity contribution is 5.96. The number of hydrogen-bond acceptors (Lipinski definition) is 8. The Bertz CT molecular complexity index is 3010. The minimum atomic E-state index is 0.255. The molecule has 428 valence electrons. The van der Waals surface area contributed by atoms with Crippen LogP contribution in [0.15, 0.2) is 243 Å². The molecule has 8 nitrogen and oxygen atoms in total. The molecule has 0 spiro atoms. The predicted octanol–water partition coefficient (Wildman–Crippen LogP) is 23.1. The van der Waals surface area contributed by atoms with E-state index in [9.17, 15) is 20.4 Å². The van der Waals surface area contributed by atoms with Gasteiger partial charge in [-0.15, -0.1) is 0 Å². The van der Waals surface area contributed by atoms with Crippen molar-refractivity contribution in [1.82, 2.24) is 0 Å². The Morgan fingerprint density at radius 1 is 0.212 bits per heavy atom. The summed E-state index contributed by atoms with van der Waals surface area (Å²) < 4.78 is 0. The molecule has 0 bridgehead atoms. The highest BCUT2D eigenvalue weighted by Gasteiger charge is 2.04. The van der Waals surface area contributed by atoms with Crippen LogP contribution in [0.3, 0.4) is 0 Å². The van der Waals surface area contributed by atoms with E-state index >= 15 is 0 Å². The van der Waals surface area contributed by atoms with Crippen LogP contribution in [0.2, 0.25) is 0 Å². The number of fused-ring (bicyclic) bond motifs is 2. The van der Waals surface area contributed by atoms with E-state index in [1.165, 1.54) is 16.2 Å². The van der Waals surface area contributed by atoms with Crippen LogP contribution >= 0.6 is 0 Å². The summed E-state index contributed by atoms with van der Waals surface area (Å²) in [5, 5.41) is 55.6. The number of benzene rings is 10. The first kappa shape index (κ1) is 73.2. The van der Waals surface area contributed by atoms with E-state index in [0.29, 0.717) is 5.69 Å². The molecule has 0 saturated carbocycles. The number of nitrogens with one attached hydrogen (secondary N) is 4. The van der Waals surface area contributed by atoms with Gasteiger partial charge in [-0.2, -0.15) is 0 Å². The molecule has 0 saturated heterocycles. The van der Waals surface area contributed by atoms with Gasteiger partial charge in [0.15, 0.2) is 0 Å². The fraction of sp³-hybridized carbons (Fsp3) is 0.222. The highest BCUT2D eigenvalue weighted by atomic mass is 16.3. The third kappa shape index (κ3) is 28.0. The number of anilines is 8. The van der Waals surface area contributed by atoms with E-state index < -0.39 is 0 Å². The zero-order valence-electron chi connectivity index (χ0n) is 50.9. The first-order chi connectivity index (χ1) is 39.4. The lowest BCUT2D eigenvalue weighted by molar-refractivity contribution is 0.475. The van der Waals surface area contributed by atoms with Crippen LogP contribution in [-0.2, 0) is 0 Å². The zero-order valence-corrected chi connectivity index (χ0v) is 50.9. The van der Waals surface area contributed by atoms with Gasteiger partial charge in [0.2, 0.25) is 0 Å². The Kier molecular flexibility index (Phi) is 44.4. The fourth-order valence-corrected chi connectivity index (χ4v) is 6.66. The average molecular weight is 1080 g/mol. The molecule has 0 unspecified atom stereocenters. The van der Waals surface area contributed by atoms with E-state index in [1.807, 2.05) is 269 Å². The van der Waals surface area contributed by atoms with Crippen LogP contribution < -0.4 is 21.3 Å². The van der Waals surface area contributed by atoms with Crippen molar-refractivity contribution in [1.29, 1.82) is 0 Å². The van der Waals surface area contributed by atoms with E-state index in [-0.39, 0.29) is 23.0 Å². The van der Waals surface area contributed by atoms with Gasteiger partial charge in [-0.05, 0) is 95.7 Å². The molecule has 0 aliphatic carbocycles. The fourth-order valence-electron chi connectivity index (χ4n) is 6.66. The van der Waals surface area contributed by atoms with Gasteiger partial charge in [-0.3, -0.25) is 0 Å². The van der Waals surface area contributed by atoms with Crippen molar-refractivity contribution in [2.24, 2.45) is 0 Å². The summed E-state index contributed by atoms with van der Waals surface area (Å²) in [6.45, 7) is 32.0. The number of rotatable bonds is 8. The smallest absolute Gasteiger partial charge is 0.139 e. The van der Waals surface area contributed by atoms with Crippen molar-refractivity contribution >= 4 is 67.0 Å². The van der Waals surface area contributed by atoms with Crippen LogP contribution in [0.5, 0.6) is 23.0 Å². The van der Waals surface area contributed by atoms with Gasteiger partial charge < -0.3 is 41.7 Å². The number of phenolic OH excluding ortho intramolecular Hbond substituents is 4. The molecule has 8 heteroatoms. The van der Waals surface area contributed by atoms with Crippen LogP contribution in [0.4, 0.5) is 45.5 Å². The molecule has 8 N–H and O–H groups in total. The Hall–Kier alpha value is -8.88. The van der Waals surface area contributed by atoms with Gasteiger partial charge in [-0.1, -0.05) is 256 Å². The molecular formula is C72H96N4O4. The van der Waals surface area contributed by atoms with Crippen molar-refractivity contribution in [3.63, 3.8) is 0 Å². The van der Waals surface area contributed by atoms with Crippen molar-refractivity contribution in [2.45, 2.75) is 111 Å². The lowest BCUT2D eigenvalue weighted by atomic mass is 10.1. The van der Waals surface area contributed by atoms with Crippen molar-refractivity contribution in [3.05, 3.63) is 243 Å². The lowest BCUT2D eigenvalue weighted by Crippen LogP contribution is -1.91. The van der Waals surface area contributed by atoms with Gasteiger partial charge in [0.05, 0.1) is 11.4 Å². The molecule has 0 aromatic heterocycles. The summed E-state index contributed by atoms with van der Waals surface area (Å²) in [4.78, 5) is 0. The summed E-state index contributed by atoms with van der Waals surface area (Å²) >= 11 is 0. The van der Waals surface area contributed by atoms with E-state index in [4.69, 9.17) is 0 Å². The monoisotopic (exact) mass is 1080 g/mol. The summed E-state index contributed by atoms with van der Waals surface area (Å²) in [5.41, 5.74) is 7.22. The number of phenols is 4. The molecule has 0 amide bonds. The molecule has 10 aromatic rings. The third-order valence-corrected chi connectivity index (χ3v) is 9.74. The molecule has 0 aliphatic rings. The Balaban J connectivity index is 0. The third-order valence-electron chi connectivity index (χ3n) is 9.74. The number of para-hydroxylation sites is 6. The quantitative estimate of drug-likeness (QED) is 0.0707. The molecule has 10 rings (SSSR count). The number of aromatic hydroxyl groups is 4. The van der Waals surface area contributed by atoms with E-state index in [1.54, 1.807) is 48.5 Å². The number of hydrogen-bond donors (Lipinski definition) is 8. The second-order valence-electron chi connectivity index (χ2n) is 14.4.